The van der Waals surface area contributed by atoms with Gasteiger partial charge in [0.2, 0.25) is 5.91 Å². The summed E-state index contributed by atoms with van der Waals surface area (Å²) >= 11 is 0. The summed E-state index contributed by atoms with van der Waals surface area (Å²) in [5.74, 6) is 0.683. The van der Waals surface area contributed by atoms with Gasteiger partial charge in [-0.2, -0.15) is 0 Å². The summed E-state index contributed by atoms with van der Waals surface area (Å²) in [6.45, 7) is 6.63. The molecule has 166 valence electrons. The molecule has 0 atom stereocenters. The third-order valence-electron chi connectivity index (χ3n) is 5.71. The first-order chi connectivity index (χ1) is 15.5. The molecule has 6 heteroatoms. The third kappa shape index (κ3) is 4.85. The maximum atomic E-state index is 12.7. The van der Waals surface area contributed by atoms with Crippen molar-refractivity contribution in [1.82, 2.24) is 4.90 Å². The average Bonchev–Trinajstić information content (AvgIpc) is 2.82. The van der Waals surface area contributed by atoms with Crippen LogP contribution >= 0.6 is 0 Å². The number of carbonyl (C=O) groups excluding carboxylic acids is 2. The Kier molecular flexibility index (Phi) is 6.59. The predicted molar refractivity (Wildman–Crippen MR) is 128 cm³/mol. The number of fused-ring (bicyclic) bond motifs is 1. The molecule has 0 radical (unpaired) electrons. The molecular weight excluding hydrogens is 402 g/mol. The highest BCUT2D eigenvalue weighted by Gasteiger charge is 2.24. The van der Waals surface area contributed by atoms with Gasteiger partial charge in [0, 0.05) is 37.5 Å². The molecular formula is C26H29N3O3. The molecule has 3 aromatic carbocycles. The Balaban J connectivity index is 1.39. The van der Waals surface area contributed by atoms with Crippen LogP contribution in [0.3, 0.4) is 0 Å². The van der Waals surface area contributed by atoms with Crippen LogP contribution in [0, 0.1) is 5.92 Å². The van der Waals surface area contributed by atoms with Crippen LogP contribution in [-0.2, 0) is 9.59 Å². The van der Waals surface area contributed by atoms with Gasteiger partial charge in [0.05, 0.1) is 11.4 Å². The zero-order valence-corrected chi connectivity index (χ0v) is 18.6. The second kappa shape index (κ2) is 9.73. The molecule has 0 aromatic heterocycles. The fraction of sp³-hybridized carbons (Fsp3) is 0.308. The number of anilines is 2. The second-order valence-corrected chi connectivity index (χ2v) is 8.30. The number of rotatable bonds is 6. The predicted octanol–water partition coefficient (Wildman–Crippen LogP) is 4.16. The van der Waals surface area contributed by atoms with Crippen LogP contribution in [0.2, 0.25) is 0 Å². The molecule has 2 amide bonds. The molecule has 1 heterocycles. The van der Waals surface area contributed by atoms with Gasteiger partial charge in [-0.1, -0.05) is 62.4 Å². The lowest BCUT2D eigenvalue weighted by molar-refractivity contribution is -0.134. The van der Waals surface area contributed by atoms with Gasteiger partial charge >= 0.3 is 0 Å². The molecule has 0 bridgehead atoms. The van der Waals surface area contributed by atoms with Gasteiger partial charge in [0.1, 0.15) is 5.75 Å². The number of ether oxygens (including phenoxy) is 1. The van der Waals surface area contributed by atoms with Crippen molar-refractivity contribution < 1.29 is 14.3 Å². The normalized spacial score (nSPS) is 14.0. The Bertz CT molecular complexity index is 1100. The number of nitrogens with one attached hydrogen (secondary N) is 1. The molecule has 1 fully saturated rings. The van der Waals surface area contributed by atoms with Gasteiger partial charge in [0.15, 0.2) is 6.61 Å². The Morgan fingerprint density at radius 1 is 0.906 bits per heavy atom. The van der Waals surface area contributed by atoms with Crippen molar-refractivity contribution in [3.8, 4) is 5.75 Å². The van der Waals surface area contributed by atoms with E-state index < -0.39 is 0 Å². The van der Waals surface area contributed by atoms with Crippen LogP contribution in [0.5, 0.6) is 5.75 Å². The van der Waals surface area contributed by atoms with Gasteiger partial charge < -0.3 is 19.9 Å². The molecule has 1 aliphatic rings. The summed E-state index contributed by atoms with van der Waals surface area (Å²) in [7, 11) is 0. The highest BCUT2D eigenvalue weighted by atomic mass is 16.5. The topological polar surface area (TPSA) is 61.9 Å². The van der Waals surface area contributed by atoms with E-state index in [0.717, 1.165) is 35.2 Å². The first-order valence-electron chi connectivity index (χ1n) is 11.1. The fourth-order valence-corrected chi connectivity index (χ4v) is 4.04. The summed E-state index contributed by atoms with van der Waals surface area (Å²) in [5.41, 5.74) is 1.71. The Labute approximate surface area is 188 Å². The fourth-order valence-electron chi connectivity index (χ4n) is 4.04. The zero-order valence-electron chi connectivity index (χ0n) is 18.6. The number of hydrogen-bond donors (Lipinski definition) is 1. The van der Waals surface area contributed by atoms with E-state index in [1.54, 1.807) is 0 Å². The number of para-hydroxylation sites is 2. The molecule has 0 aliphatic carbocycles. The number of piperazine rings is 1. The Morgan fingerprint density at radius 2 is 1.59 bits per heavy atom. The van der Waals surface area contributed by atoms with Gasteiger partial charge in [-0.3, -0.25) is 9.59 Å². The van der Waals surface area contributed by atoms with Crippen LogP contribution in [0.4, 0.5) is 11.4 Å². The van der Waals surface area contributed by atoms with E-state index in [9.17, 15) is 9.59 Å². The van der Waals surface area contributed by atoms with Crippen LogP contribution < -0.4 is 15.0 Å². The minimum Gasteiger partial charge on any atom is -0.483 e. The number of amides is 2. The number of hydrogen-bond acceptors (Lipinski definition) is 4. The average molecular weight is 432 g/mol. The lowest BCUT2D eigenvalue weighted by atomic mass is 10.1. The highest BCUT2D eigenvalue weighted by molar-refractivity contribution is 5.96. The molecule has 3 aromatic rings. The van der Waals surface area contributed by atoms with Crippen molar-refractivity contribution in [1.29, 1.82) is 0 Å². The maximum Gasteiger partial charge on any atom is 0.262 e. The largest absolute Gasteiger partial charge is 0.483 e. The van der Waals surface area contributed by atoms with E-state index in [1.807, 2.05) is 85.5 Å². The Hall–Kier alpha value is -3.54. The van der Waals surface area contributed by atoms with Crippen molar-refractivity contribution in [2.45, 2.75) is 13.8 Å². The van der Waals surface area contributed by atoms with Gasteiger partial charge in [-0.25, -0.2) is 0 Å². The van der Waals surface area contributed by atoms with Crippen LogP contribution in [-0.4, -0.2) is 49.5 Å². The van der Waals surface area contributed by atoms with E-state index in [0.29, 0.717) is 18.8 Å². The minimum atomic E-state index is -0.209. The summed E-state index contributed by atoms with van der Waals surface area (Å²) in [6.07, 6.45) is 0. The molecule has 1 aliphatic heterocycles. The molecule has 32 heavy (non-hydrogen) atoms. The van der Waals surface area contributed by atoms with Crippen molar-refractivity contribution >= 4 is 34.0 Å². The van der Waals surface area contributed by atoms with Crippen LogP contribution in [0.1, 0.15) is 13.8 Å². The Morgan fingerprint density at radius 3 is 2.38 bits per heavy atom. The summed E-state index contributed by atoms with van der Waals surface area (Å²) in [4.78, 5) is 29.1. The monoisotopic (exact) mass is 431 g/mol. The molecule has 0 saturated carbocycles. The number of benzene rings is 3. The standard InChI is InChI=1S/C26H29N3O3/c1-19(2)26(31)29-16-14-28(15-17-29)23-12-6-5-11-22(23)27-25(30)18-32-24-13-7-9-20-8-3-4-10-21(20)24/h3-13,19H,14-18H2,1-2H3,(H,27,30). The minimum absolute atomic E-state index is 0.00913. The molecule has 1 saturated heterocycles. The van der Waals surface area contributed by atoms with Crippen molar-refractivity contribution in [3.05, 3.63) is 66.7 Å². The molecule has 4 rings (SSSR count). The summed E-state index contributed by atoms with van der Waals surface area (Å²) < 4.78 is 5.83. The molecule has 6 nitrogen and oxygen atoms in total. The van der Waals surface area contributed by atoms with Crippen molar-refractivity contribution in [3.63, 3.8) is 0 Å². The molecule has 0 unspecified atom stereocenters. The first-order valence-corrected chi connectivity index (χ1v) is 11.1. The number of nitrogens with zero attached hydrogens (tertiary/aromatic N) is 2. The van der Waals surface area contributed by atoms with E-state index >= 15 is 0 Å². The zero-order chi connectivity index (χ0) is 22.5. The summed E-state index contributed by atoms with van der Waals surface area (Å²) in [6, 6.07) is 21.5. The highest BCUT2D eigenvalue weighted by Crippen LogP contribution is 2.28. The van der Waals surface area contributed by atoms with E-state index in [1.165, 1.54) is 0 Å². The third-order valence-corrected chi connectivity index (χ3v) is 5.71. The van der Waals surface area contributed by atoms with Gasteiger partial charge in [0.25, 0.3) is 5.91 Å². The lowest BCUT2D eigenvalue weighted by Crippen LogP contribution is -2.50. The van der Waals surface area contributed by atoms with E-state index in [4.69, 9.17) is 4.74 Å². The van der Waals surface area contributed by atoms with Crippen molar-refractivity contribution in [2.75, 3.05) is 43.0 Å². The van der Waals surface area contributed by atoms with E-state index in [2.05, 4.69) is 10.2 Å². The van der Waals surface area contributed by atoms with E-state index in [-0.39, 0.29) is 24.3 Å². The van der Waals surface area contributed by atoms with Crippen molar-refractivity contribution in [2.24, 2.45) is 5.92 Å². The second-order valence-electron chi connectivity index (χ2n) is 8.30. The van der Waals surface area contributed by atoms with Gasteiger partial charge in [-0.15, -0.1) is 0 Å². The molecule has 1 N–H and O–H groups in total. The molecule has 0 spiro atoms. The lowest BCUT2D eigenvalue weighted by Gasteiger charge is -2.37. The quantitative estimate of drug-likeness (QED) is 0.637. The van der Waals surface area contributed by atoms with Crippen LogP contribution in [0.25, 0.3) is 10.8 Å². The van der Waals surface area contributed by atoms with Gasteiger partial charge in [-0.05, 0) is 23.6 Å². The van der Waals surface area contributed by atoms with Crippen LogP contribution in [0.15, 0.2) is 66.7 Å². The first kappa shape index (κ1) is 21.7. The SMILES string of the molecule is CC(C)C(=O)N1CCN(c2ccccc2NC(=O)COc2cccc3ccccc23)CC1. The number of carbonyl (C=O) groups is 2. The summed E-state index contributed by atoms with van der Waals surface area (Å²) in [5, 5.41) is 5.05. The maximum absolute atomic E-state index is 12.7. The smallest absolute Gasteiger partial charge is 0.262 e.